The molecular weight excluding hydrogens is 312 g/mol. The number of halogens is 1. The number of hydrogen-bond donors (Lipinski definition) is 1. The zero-order valence-corrected chi connectivity index (χ0v) is 12.1. The molecule has 0 amide bonds. The van der Waals surface area contributed by atoms with Crippen molar-refractivity contribution in [1.29, 1.82) is 0 Å². The standard InChI is InChI=1S/C13H11BrN2OS/c1-7(15)13-16-10(6-18-13)12-5-8-4-9(14)2-3-11(8)17-12/h2-7H,15H2,1H3. The van der Waals surface area contributed by atoms with Crippen LogP contribution in [0.3, 0.4) is 0 Å². The van der Waals surface area contributed by atoms with Gasteiger partial charge in [0.25, 0.3) is 0 Å². The molecule has 5 heteroatoms. The maximum absolute atomic E-state index is 5.81. The third-order valence-corrected chi connectivity index (χ3v) is 4.18. The second-order valence-electron chi connectivity index (χ2n) is 4.15. The molecule has 0 saturated carbocycles. The van der Waals surface area contributed by atoms with Crippen LogP contribution in [0.25, 0.3) is 22.4 Å². The van der Waals surface area contributed by atoms with Crippen LogP contribution in [0, 0.1) is 0 Å². The fourth-order valence-corrected chi connectivity index (χ4v) is 2.90. The molecule has 3 nitrogen and oxygen atoms in total. The minimum absolute atomic E-state index is 0.0396. The number of benzene rings is 1. The Labute approximate surface area is 117 Å². The largest absolute Gasteiger partial charge is 0.454 e. The number of furan rings is 1. The van der Waals surface area contributed by atoms with Crippen molar-refractivity contribution in [2.75, 3.05) is 0 Å². The van der Waals surface area contributed by atoms with Crippen molar-refractivity contribution in [1.82, 2.24) is 4.98 Å². The zero-order chi connectivity index (χ0) is 12.7. The lowest BCUT2D eigenvalue weighted by Gasteiger charge is -1.96. The molecule has 0 aliphatic carbocycles. The molecule has 0 aliphatic heterocycles. The lowest BCUT2D eigenvalue weighted by molar-refractivity contribution is 0.628. The van der Waals surface area contributed by atoms with E-state index in [4.69, 9.17) is 10.2 Å². The fourth-order valence-electron chi connectivity index (χ4n) is 1.75. The minimum atomic E-state index is -0.0396. The van der Waals surface area contributed by atoms with Gasteiger partial charge in [-0.3, -0.25) is 0 Å². The molecule has 3 aromatic rings. The summed E-state index contributed by atoms with van der Waals surface area (Å²) in [4.78, 5) is 4.49. The Bertz CT molecular complexity index is 702. The number of nitrogens with zero attached hydrogens (tertiary/aromatic N) is 1. The van der Waals surface area contributed by atoms with Gasteiger partial charge in [-0.25, -0.2) is 4.98 Å². The summed E-state index contributed by atoms with van der Waals surface area (Å²) in [6.45, 7) is 1.93. The van der Waals surface area contributed by atoms with Crippen molar-refractivity contribution in [2.24, 2.45) is 5.73 Å². The molecule has 0 saturated heterocycles. The van der Waals surface area contributed by atoms with E-state index in [-0.39, 0.29) is 6.04 Å². The number of fused-ring (bicyclic) bond motifs is 1. The quantitative estimate of drug-likeness (QED) is 0.763. The van der Waals surface area contributed by atoms with Crippen LogP contribution in [-0.4, -0.2) is 4.98 Å². The SMILES string of the molecule is CC(N)c1nc(-c2cc3cc(Br)ccc3o2)cs1. The third kappa shape index (κ3) is 2.09. The van der Waals surface area contributed by atoms with Crippen LogP contribution in [0.1, 0.15) is 18.0 Å². The van der Waals surface area contributed by atoms with Crippen molar-refractivity contribution in [3.8, 4) is 11.5 Å². The Morgan fingerprint density at radius 1 is 1.39 bits per heavy atom. The summed E-state index contributed by atoms with van der Waals surface area (Å²) < 4.78 is 6.82. The van der Waals surface area contributed by atoms with Crippen LogP contribution in [-0.2, 0) is 0 Å². The first-order valence-electron chi connectivity index (χ1n) is 5.54. The van der Waals surface area contributed by atoms with Crippen LogP contribution < -0.4 is 5.73 Å². The van der Waals surface area contributed by atoms with Crippen LogP contribution in [0.2, 0.25) is 0 Å². The van der Waals surface area contributed by atoms with E-state index in [1.165, 1.54) is 0 Å². The summed E-state index contributed by atoms with van der Waals surface area (Å²) in [5.74, 6) is 0.784. The number of rotatable bonds is 2. The maximum Gasteiger partial charge on any atom is 0.154 e. The second-order valence-corrected chi connectivity index (χ2v) is 5.96. The molecule has 1 atom stereocenters. The molecular formula is C13H11BrN2OS. The van der Waals surface area contributed by atoms with Crippen LogP contribution in [0.5, 0.6) is 0 Å². The Balaban J connectivity index is 2.07. The van der Waals surface area contributed by atoms with Crippen LogP contribution in [0.15, 0.2) is 38.5 Å². The molecule has 2 aromatic heterocycles. The predicted octanol–water partition coefficient (Wildman–Crippen LogP) is 4.34. The summed E-state index contributed by atoms with van der Waals surface area (Å²) in [6.07, 6.45) is 0. The average Bonchev–Trinajstić information content (AvgIpc) is 2.93. The van der Waals surface area contributed by atoms with Gasteiger partial charge in [-0.05, 0) is 31.2 Å². The average molecular weight is 323 g/mol. The summed E-state index contributed by atoms with van der Waals surface area (Å²) in [6, 6.07) is 7.90. The van der Waals surface area contributed by atoms with Crippen molar-refractivity contribution in [3.63, 3.8) is 0 Å². The molecule has 1 aromatic carbocycles. The molecule has 0 spiro atoms. The summed E-state index contributed by atoms with van der Waals surface area (Å²) in [5.41, 5.74) is 7.52. The molecule has 0 radical (unpaired) electrons. The van der Waals surface area contributed by atoms with Gasteiger partial charge in [0.05, 0.1) is 6.04 Å². The Morgan fingerprint density at radius 3 is 2.94 bits per heavy atom. The van der Waals surface area contributed by atoms with E-state index < -0.39 is 0 Å². The lowest BCUT2D eigenvalue weighted by atomic mass is 10.2. The lowest BCUT2D eigenvalue weighted by Crippen LogP contribution is -2.03. The molecule has 0 aliphatic rings. The molecule has 1 unspecified atom stereocenters. The normalized spacial score (nSPS) is 13.1. The number of aromatic nitrogens is 1. The Hall–Kier alpha value is -1.17. The summed E-state index contributed by atoms with van der Waals surface area (Å²) in [5, 5.41) is 3.96. The third-order valence-electron chi connectivity index (χ3n) is 2.64. The maximum atomic E-state index is 5.81. The molecule has 0 fully saturated rings. The molecule has 92 valence electrons. The molecule has 2 N–H and O–H groups in total. The highest BCUT2D eigenvalue weighted by molar-refractivity contribution is 9.10. The summed E-state index contributed by atoms with van der Waals surface area (Å²) >= 11 is 5.01. The van der Waals surface area contributed by atoms with Crippen molar-refractivity contribution >= 4 is 38.2 Å². The van der Waals surface area contributed by atoms with E-state index in [0.717, 1.165) is 31.9 Å². The smallest absolute Gasteiger partial charge is 0.154 e. The van der Waals surface area contributed by atoms with Gasteiger partial charge in [-0.1, -0.05) is 15.9 Å². The van der Waals surface area contributed by atoms with E-state index in [0.29, 0.717) is 0 Å². The summed E-state index contributed by atoms with van der Waals surface area (Å²) in [7, 11) is 0. The van der Waals surface area contributed by atoms with Gasteiger partial charge in [0.15, 0.2) is 5.76 Å². The highest BCUT2D eigenvalue weighted by Crippen LogP contribution is 2.31. The van der Waals surface area contributed by atoms with Crippen molar-refractivity contribution in [3.05, 3.63) is 39.1 Å². The number of nitrogens with two attached hydrogens (primary N) is 1. The molecule has 0 bridgehead atoms. The number of hydrogen-bond acceptors (Lipinski definition) is 4. The number of thiazole rings is 1. The van der Waals surface area contributed by atoms with Gasteiger partial charge in [0.2, 0.25) is 0 Å². The van der Waals surface area contributed by atoms with Crippen LogP contribution in [0.4, 0.5) is 0 Å². The van der Waals surface area contributed by atoms with Crippen LogP contribution >= 0.6 is 27.3 Å². The van der Waals surface area contributed by atoms with Gasteiger partial charge in [-0.15, -0.1) is 11.3 Å². The van der Waals surface area contributed by atoms with E-state index in [9.17, 15) is 0 Å². The first-order chi connectivity index (χ1) is 8.63. The van der Waals surface area contributed by atoms with E-state index >= 15 is 0 Å². The van der Waals surface area contributed by atoms with Crippen molar-refractivity contribution in [2.45, 2.75) is 13.0 Å². The molecule has 3 rings (SSSR count). The van der Waals surface area contributed by atoms with Gasteiger partial charge in [0, 0.05) is 15.2 Å². The van der Waals surface area contributed by atoms with E-state index in [2.05, 4.69) is 20.9 Å². The Morgan fingerprint density at radius 2 is 2.22 bits per heavy atom. The van der Waals surface area contributed by atoms with Gasteiger partial charge in [0.1, 0.15) is 16.3 Å². The second kappa shape index (κ2) is 4.50. The molecule has 18 heavy (non-hydrogen) atoms. The van der Waals surface area contributed by atoms with E-state index in [1.54, 1.807) is 11.3 Å². The predicted molar refractivity (Wildman–Crippen MR) is 77.6 cm³/mol. The Kier molecular flexibility index (Phi) is 2.97. The monoisotopic (exact) mass is 322 g/mol. The first-order valence-corrected chi connectivity index (χ1v) is 7.21. The highest BCUT2D eigenvalue weighted by atomic mass is 79.9. The van der Waals surface area contributed by atoms with E-state index in [1.807, 2.05) is 36.6 Å². The highest BCUT2D eigenvalue weighted by Gasteiger charge is 2.12. The topological polar surface area (TPSA) is 52.0 Å². The first kappa shape index (κ1) is 11.9. The molecule has 2 heterocycles. The van der Waals surface area contributed by atoms with Gasteiger partial charge < -0.3 is 10.2 Å². The minimum Gasteiger partial charge on any atom is -0.454 e. The van der Waals surface area contributed by atoms with Gasteiger partial charge >= 0.3 is 0 Å². The van der Waals surface area contributed by atoms with Gasteiger partial charge in [-0.2, -0.15) is 0 Å². The van der Waals surface area contributed by atoms with Crippen molar-refractivity contribution < 1.29 is 4.42 Å². The zero-order valence-electron chi connectivity index (χ0n) is 9.68. The fraction of sp³-hybridized carbons (Fsp3) is 0.154.